The molecule has 1 aliphatic heterocycles. The van der Waals surface area contributed by atoms with E-state index in [-0.39, 0.29) is 37.9 Å². The molecule has 1 aromatic rings. The van der Waals surface area contributed by atoms with Crippen molar-refractivity contribution in [2.75, 3.05) is 40.5 Å². The average molecular weight is 343 g/mol. The van der Waals surface area contributed by atoms with Gasteiger partial charge in [0.15, 0.2) is 6.54 Å². The van der Waals surface area contributed by atoms with E-state index in [0.29, 0.717) is 0 Å². The van der Waals surface area contributed by atoms with Gasteiger partial charge in [0, 0.05) is 11.4 Å². The summed E-state index contributed by atoms with van der Waals surface area (Å²) >= 11 is 0. The highest BCUT2D eigenvalue weighted by atomic mass is 17.0. The number of carbonyl (C=O) groups excluding carboxylic acids is 1. The Balaban J connectivity index is 2.20. The van der Waals surface area contributed by atoms with Crippen molar-refractivity contribution in [3.8, 4) is 0 Å². The fourth-order valence-corrected chi connectivity index (χ4v) is 2.32. The van der Waals surface area contributed by atoms with E-state index in [9.17, 15) is 20.0 Å². The van der Waals surface area contributed by atoms with Crippen molar-refractivity contribution in [1.82, 2.24) is 19.7 Å². The molecule has 0 aliphatic carbocycles. The van der Waals surface area contributed by atoms with E-state index in [0.717, 1.165) is 17.3 Å². The Morgan fingerprint density at radius 3 is 2.58 bits per heavy atom. The summed E-state index contributed by atoms with van der Waals surface area (Å²) in [5.41, 5.74) is -0.277. The van der Waals surface area contributed by atoms with Crippen molar-refractivity contribution in [3.63, 3.8) is 0 Å². The van der Waals surface area contributed by atoms with E-state index >= 15 is 0 Å². The number of amides is 1. The minimum atomic E-state index is -1.29. The molecule has 0 bridgehead atoms. The van der Waals surface area contributed by atoms with Crippen LogP contribution in [-0.4, -0.2) is 72.4 Å². The fourth-order valence-electron chi connectivity index (χ4n) is 2.32. The maximum atomic E-state index is 11.0. The van der Waals surface area contributed by atoms with E-state index in [2.05, 4.69) is 9.97 Å². The molecule has 1 saturated heterocycles. The smallest absolute Gasteiger partial charge is 0.397 e. The van der Waals surface area contributed by atoms with Crippen molar-refractivity contribution in [3.05, 3.63) is 22.5 Å². The van der Waals surface area contributed by atoms with Crippen LogP contribution >= 0.6 is 0 Å². The SMILES string of the molecule is CO[N+](CC1CN(C(=O)[O-])CCO1)(OC)c1ncc([N+](=O)[O-])cn1. The van der Waals surface area contributed by atoms with E-state index in [1.165, 1.54) is 14.2 Å². The molecule has 1 amide bonds. The van der Waals surface area contributed by atoms with Crippen molar-refractivity contribution >= 4 is 17.7 Å². The molecule has 132 valence electrons. The quantitative estimate of drug-likeness (QED) is 0.356. The van der Waals surface area contributed by atoms with Gasteiger partial charge in [-0.15, -0.1) is 0 Å². The number of morpholine rings is 1. The Kier molecular flexibility index (Phi) is 5.56. The predicted octanol–water partition coefficient (Wildman–Crippen LogP) is -1.14. The minimum Gasteiger partial charge on any atom is -0.530 e. The number of carbonyl (C=O) groups is 1. The van der Waals surface area contributed by atoms with Gasteiger partial charge in [-0.25, -0.2) is 0 Å². The number of rotatable bonds is 6. The lowest BCUT2D eigenvalue weighted by atomic mass is 10.2. The van der Waals surface area contributed by atoms with Gasteiger partial charge in [-0.3, -0.25) is 10.1 Å². The molecule has 24 heavy (non-hydrogen) atoms. The molecule has 2 rings (SSSR count). The number of carboxylic acid groups (broad SMARTS) is 1. The minimum absolute atomic E-state index is 0.0137. The molecule has 0 aromatic carbocycles. The second-order valence-corrected chi connectivity index (χ2v) is 4.92. The summed E-state index contributed by atoms with van der Waals surface area (Å²) in [6.07, 6.45) is 0.212. The van der Waals surface area contributed by atoms with Crippen LogP contribution in [0.15, 0.2) is 12.4 Å². The lowest BCUT2D eigenvalue weighted by Crippen LogP contribution is -2.59. The molecule has 12 nitrogen and oxygen atoms in total. The largest absolute Gasteiger partial charge is 0.530 e. The first-order valence-corrected chi connectivity index (χ1v) is 6.96. The first-order valence-electron chi connectivity index (χ1n) is 6.96. The molecule has 1 atom stereocenters. The highest BCUT2D eigenvalue weighted by Gasteiger charge is 2.42. The normalized spacial score (nSPS) is 18.4. The lowest BCUT2D eigenvalue weighted by molar-refractivity contribution is -0.385. The topological polar surface area (TPSA) is 140 Å². The Bertz CT molecular complexity index is 592. The molecule has 1 aromatic heterocycles. The van der Waals surface area contributed by atoms with Crippen LogP contribution in [0.4, 0.5) is 16.4 Å². The molecular weight excluding hydrogens is 326 g/mol. The number of hydrogen-bond donors (Lipinski definition) is 0. The maximum absolute atomic E-state index is 11.0. The van der Waals surface area contributed by atoms with Crippen LogP contribution in [0.3, 0.4) is 0 Å². The Morgan fingerprint density at radius 1 is 1.46 bits per heavy atom. The van der Waals surface area contributed by atoms with Gasteiger partial charge in [-0.1, -0.05) is 0 Å². The molecule has 0 N–H and O–H groups in total. The second-order valence-electron chi connectivity index (χ2n) is 4.92. The van der Waals surface area contributed by atoms with Crippen molar-refractivity contribution in [2.45, 2.75) is 6.10 Å². The average Bonchev–Trinajstić information content (AvgIpc) is 2.60. The summed E-state index contributed by atoms with van der Waals surface area (Å²) in [6, 6.07) is 0. The molecule has 0 radical (unpaired) electrons. The van der Waals surface area contributed by atoms with E-state index in [1.807, 2.05) is 0 Å². The van der Waals surface area contributed by atoms with E-state index in [1.54, 1.807) is 0 Å². The Labute approximate surface area is 136 Å². The number of nitro groups is 1. The van der Waals surface area contributed by atoms with Crippen LogP contribution in [0.5, 0.6) is 0 Å². The number of ether oxygens (including phenoxy) is 1. The van der Waals surface area contributed by atoms with E-state index < -0.39 is 21.9 Å². The Hall–Kier alpha value is -2.41. The lowest BCUT2D eigenvalue weighted by Gasteiger charge is -2.37. The predicted molar refractivity (Wildman–Crippen MR) is 76.1 cm³/mol. The van der Waals surface area contributed by atoms with Gasteiger partial charge in [0.2, 0.25) is 0 Å². The molecule has 0 spiro atoms. The van der Waals surface area contributed by atoms with Gasteiger partial charge >= 0.3 is 11.6 Å². The molecule has 1 unspecified atom stereocenters. The van der Waals surface area contributed by atoms with Gasteiger partial charge in [0.1, 0.15) is 38.8 Å². The summed E-state index contributed by atoms with van der Waals surface area (Å²) < 4.78 is 5.53. The van der Waals surface area contributed by atoms with Crippen LogP contribution in [0, 0.1) is 10.1 Å². The molecule has 12 heteroatoms. The van der Waals surface area contributed by atoms with Crippen LogP contribution < -0.4 is 9.92 Å². The molecule has 1 fully saturated rings. The maximum Gasteiger partial charge on any atom is 0.397 e. The summed E-state index contributed by atoms with van der Waals surface area (Å²) in [5, 5.41) is 21.7. The van der Waals surface area contributed by atoms with Crippen LogP contribution in [0.1, 0.15) is 0 Å². The van der Waals surface area contributed by atoms with E-state index in [4.69, 9.17) is 14.4 Å². The summed E-state index contributed by atoms with van der Waals surface area (Å²) in [6.45, 7) is 0.524. The van der Waals surface area contributed by atoms with Gasteiger partial charge in [0.25, 0.3) is 0 Å². The Morgan fingerprint density at radius 2 is 2.08 bits per heavy atom. The molecule has 1 aliphatic rings. The summed E-state index contributed by atoms with van der Waals surface area (Å²) in [7, 11) is 2.68. The molecular formula is C12H17N5O7. The van der Waals surface area contributed by atoms with Crippen LogP contribution in [0.25, 0.3) is 0 Å². The van der Waals surface area contributed by atoms with Gasteiger partial charge in [-0.2, -0.15) is 19.6 Å². The van der Waals surface area contributed by atoms with Crippen molar-refractivity contribution in [2.24, 2.45) is 0 Å². The van der Waals surface area contributed by atoms with Crippen molar-refractivity contribution in [1.29, 1.82) is 0 Å². The zero-order chi connectivity index (χ0) is 17.7. The van der Waals surface area contributed by atoms with Crippen LogP contribution in [-0.2, 0) is 14.4 Å². The number of hydrogen-bond acceptors (Lipinski definition) is 9. The fraction of sp³-hybridized carbons (Fsp3) is 0.583. The number of quaternary nitrogens is 1. The monoisotopic (exact) mass is 343 g/mol. The molecule has 2 heterocycles. The third-order valence-corrected chi connectivity index (χ3v) is 3.57. The number of aromatic nitrogens is 2. The number of nitrogens with zero attached hydrogens (tertiary/aromatic N) is 5. The number of hydroxylamine groups is 2. The highest BCUT2D eigenvalue weighted by Crippen LogP contribution is 2.22. The van der Waals surface area contributed by atoms with Gasteiger partial charge in [-0.05, 0) is 0 Å². The van der Waals surface area contributed by atoms with Crippen molar-refractivity contribution < 1.29 is 29.2 Å². The zero-order valence-electron chi connectivity index (χ0n) is 13.2. The first kappa shape index (κ1) is 17.9. The van der Waals surface area contributed by atoms with Gasteiger partial charge in [0.05, 0.1) is 18.1 Å². The third-order valence-electron chi connectivity index (χ3n) is 3.57. The summed E-state index contributed by atoms with van der Waals surface area (Å²) in [4.78, 5) is 40.0. The molecule has 0 saturated carbocycles. The highest BCUT2D eigenvalue weighted by molar-refractivity contribution is 5.62. The standard InChI is InChI=1S/C12H17N5O7/c1-22-17(23-2,11-13-5-9(6-14-11)16(20)21)8-10-7-15(12(18)19)3-4-24-10/h5-6,10H,3-4,7-8H2,1-2H3. The van der Waals surface area contributed by atoms with Gasteiger partial charge < -0.3 is 19.5 Å². The second kappa shape index (κ2) is 7.44. The zero-order valence-corrected chi connectivity index (χ0v) is 13.2. The van der Waals surface area contributed by atoms with Crippen LogP contribution in [0.2, 0.25) is 0 Å². The summed E-state index contributed by atoms with van der Waals surface area (Å²) in [5.74, 6) is 0.0137. The third kappa shape index (κ3) is 3.73. The first-order chi connectivity index (χ1) is 11.4.